The van der Waals surface area contributed by atoms with Gasteiger partial charge in [0.05, 0.1) is 12.5 Å². The summed E-state index contributed by atoms with van der Waals surface area (Å²) in [5.41, 5.74) is 1.01. The third-order valence-electron chi connectivity index (χ3n) is 4.13. The lowest BCUT2D eigenvalue weighted by Gasteiger charge is -2.34. The summed E-state index contributed by atoms with van der Waals surface area (Å²) in [7, 11) is 0. The molecule has 0 radical (unpaired) electrons. The Morgan fingerprint density at radius 2 is 2.24 bits per heavy atom. The predicted octanol–water partition coefficient (Wildman–Crippen LogP) is 0.767. The molecule has 2 heterocycles. The van der Waals surface area contributed by atoms with Crippen LogP contribution in [0.25, 0.3) is 0 Å². The number of nitrogens with zero attached hydrogens (tertiary/aromatic N) is 1. The number of hydrogen-bond acceptors (Lipinski definition) is 4. The zero-order valence-electron chi connectivity index (χ0n) is 12.0. The molecule has 2 fully saturated rings. The summed E-state index contributed by atoms with van der Waals surface area (Å²) >= 11 is 0. The molecule has 0 bridgehead atoms. The molecule has 2 aliphatic rings. The number of carbonyl (C=O) groups excluding carboxylic acids is 2. The molecule has 3 N–H and O–H groups in total. The van der Waals surface area contributed by atoms with Crippen LogP contribution in [-0.4, -0.2) is 41.3 Å². The maximum atomic E-state index is 12.0. The van der Waals surface area contributed by atoms with Gasteiger partial charge in [0, 0.05) is 37.3 Å². The highest BCUT2D eigenvalue weighted by atomic mass is 16.5. The molecular weight excluding hydrogens is 272 g/mol. The Morgan fingerprint density at radius 3 is 2.90 bits per heavy atom. The number of hydrogen-bond donors (Lipinski definition) is 3. The van der Waals surface area contributed by atoms with E-state index in [4.69, 9.17) is 4.74 Å². The van der Waals surface area contributed by atoms with Gasteiger partial charge in [-0.15, -0.1) is 0 Å². The third-order valence-corrected chi connectivity index (χ3v) is 4.13. The standard InChI is InChI=1S/C14H20N4O3/c1-8(19)15-11-4-10(5-11)12-6-13(18-17-12)16-14(20)9-2-3-21-7-9/h6,9-11H,2-5,7H2,1H3,(H,15,19)(H2,16,17,18,20). The number of ether oxygens (including phenoxy) is 1. The highest BCUT2D eigenvalue weighted by molar-refractivity contribution is 5.91. The van der Waals surface area contributed by atoms with Gasteiger partial charge in [0.2, 0.25) is 11.8 Å². The topological polar surface area (TPSA) is 96.1 Å². The lowest BCUT2D eigenvalue weighted by molar-refractivity contribution is -0.120. The van der Waals surface area contributed by atoms with Crippen molar-refractivity contribution >= 4 is 17.6 Å². The second kappa shape index (κ2) is 5.85. The number of aromatic nitrogens is 2. The number of carbonyl (C=O) groups is 2. The molecular formula is C14H20N4O3. The average Bonchev–Trinajstić information content (AvgIpc) is 3.04. The van der Waals surface area contributed by atoms with E-state index in [1.807, 2.05) is 6.07 Å². The fraction of sp³-hybridized carbons (Fsp3) is 0.643. The van der Waals surface area contributed by atoms with Crippen molar-refractivity contribution in [2.24, 2.45) is 5.92 Å². The normalized spacial score (nSPS) is 28.0. The SMILES string of the molecule is CC(=O)NC1CC(c2cc(NC(=O)C3CCOC3)n[nH]2)C1. The highest BCUT2D eigenvalue weighted by Crippen LogP contribution is 2.36. The largest absolute Gasteiger partial charge is 0.381 e. The second-order valence-corrected chi connectivity index (χ2v) is 5.82. The third kappa shape index (κ3) is 3.24. The first-order valence-corrected chi connectivity index (χ1v) is 7.33. The van der Waals surface area contributed by atoms with E-state index in [9.17, 15) is 9.59 Å². The summed E-state index contributed by atoms with van der Waals surface area (Å²) in [6.45, 7) is 2.67. The molecule has 114 valence electrons. The van der Waals surface area contributed by atoms with Crippen LogP contribution in [0.4, 0.5) is 5.82 Å². The van der Waals surface area contributed by atoms with Gasteiger partial charge >= 0.3 is 0 Å². The molecule has 1 aromatic heterocycles. The van der Waals surface area contributed by atoms with Crippen LogP contribution >= 0.6 is 0 Å². The van der Waals surface area contributed by atoms with Crippen LogP contribution in [0.1, 0.15) is 37.8 Å². The molecule has 1 aliphatic carbocycles. The van der Waals surface area contributed by atoms with Gasteiger partial charge in [-0.3, -0.25) is 14.7 Å². The minimum Gasteiger partial charge on any atom is -0.381 e. The molecule has 0 aromatic carbocycles. The van der Waals surface area contributed by atoms with E-state index in [2.05, 4.69) is 20.8 Å². The van der Waals surface area contributed by atoms with Crippen LogP contribution in [-0.2, 0) is 14.3 Å². The number of anilines is 1. The number of aromatic amines is 1. The van der Waals surface area contributed by atoms with Crippen LogP contribution in [0.3, 0.4) is 0 Å². The Hall–Kier alpha value is -1.89. The van der Waals surface area contributed by atoms with Crippen molar-refractivity contribution in [3.63, 3.8) is 0 Å². The van der Waals surface area contributed by atoms with E-state index in [0.717, 1.165) is 25.0 Å². The van der Waals surface area contributed by atoms with Crippen molar-refractivity contribution in [3.05, 3.63) is 11.8 Å². The molecule has 21 heavy (non-hydrogen) atoms. The van der Waals surface area contributed by atoms with E-state index in [-0.39, 0.29) is 23.8 Å². The van der Waals surface area contributed by atoms with E-state index in [1.165, 1.54) is 6.92 Å². The molecule has 1 atom stereocenters. The fourth-order valence-electron chi connectivity index (χ4n) is 2.86. The first-order valence-electron chi connectivity index (χ1n) is 7.33. The van der Waals surface area contributed by atoms with Gasteiger partial charge < -0.3 is 15.4 Å². The number of amides is 2. The van der Waals surface area contributed by atoms with Gasteiger partial charge in [-0.2, -0.15) is 5.10 Å². The van der Waals surface area contributed by atoms with Crippen molar-refractivity contribution in [2.45, 2.75) is 38.1 Å². The molecule has 1 saturated carbocycles. The van der Waals surface area contributed by atoms with E-state index in [1.54, 1.807) is 0 Å². The summed E-state index contributed by atoms with van der Waals surface area (Å²) in [4.78, 5) is 22.9. The molecule has 1 unspecified atom stereocenters. The minimum atomic E-state index is -0.0713. The van der Waals surface area contributed by atoms with Crippen LogP contribution in [0.5, 0.6) is 0 Å². The zero-order valence-corrected chi connectivity index (χ0v) is 12.0. The Labute approximate surface area is 122 Å². The quantitative estimate of drug-likeness (QED) is 0.763. The zero-order chi connectivity index (χ0) is 14.8. The lowest BCUT2D eigenvalue weighted by atomic mass is 9.78. The average molecular weight is 292 g/mol. The maximum absolute atomic E-state index is 12.0. The maximum Gasteiger partial charge on any atom is 0.231 e. The lowest BCUT2D eigenvalue weighted by Crippen LogP contribution is -2.42. The predicted molar refractivity (Wildman–Crippen MR) is 75.7 cm³/mol. The van der Waals surface area contributed by atoms with Crippen LogP contribution in [0.15, 0.2) is 6.07 Å². The Bertz CT molecular complexity index is 530. The van der Waals surface area contributed by atoms with Crippen LogP contribution in [0.2, 0.25) is 0 Å². The molecule has 1 aromatic rings. The molecule has 7 heteroatoms. The van der Waals surface area contributed by atoms with E-state index in [0.29, 0.717) is 24.9 Å². The number of nitrogens with one attached hydrogen (secondary N) is 3. The fourth-order valence-corrected chi connectivity index (χ4v) is 2.86. The monoisotopic (exact) mass is 292 g/mol. The van der Waals surface area contributed by atoms with E-state index < -0.39 is 0 Å². The highest BCUT2D eigenvalue weighted by Gasteiger charge is 2.32. The molecule has 1 saturated heterocycles. The van der Waals surface area contributed by atoms with Crippen molar-refractivity contribution in [1.29, 1.82) is 0 Å². The van der Waals surface area contributed by atoms with Gasteiger partial charge in [0.25, 0.3) is 0 Å². The van der Waals surface area contributed by atoms with Gasteiger partial charge in [-0.25, -0.2) is 0 Å². The minimum absolute atomic E-state index is 0.00907. The second-order valence-electron chi connectivity index (χ2n) is 5.82. The van der Waals surface area contributed by atoms with Crippen LogP contribution in [0, 0.1) is 5.92 Å². The first kappa shape index (κ1) is 14.1. The first-order chi connectivity index (χ1) is 10.1. The van der Waals surface area contributed by atoms with Gasteiger partial charge in [0.1, 0.15) is 0 Å². The summed E-state index contributed by atoms with van der Waals surface area (Å²) in [5.74, 6) is 0.836. The molecule has 1 aliphatic heterocycles. The Kier molecular flexibility index (Phi) is 3.92. The van der Waals surface area contributed by atoms with Crippen molar-refractivity contribution < 1.29 is 14.3 Å². The van der Waals surface area contributed by atoms with Gasteiger partial charge in [-0.1, -0.05) is 0 Å². The Balaban J connectivity index is 1.50. The van der Waals surface area contributed by atoms with Crippen molar-refractivity contribution in [1.82, 2.24) is 15.5 Å². The Morgan fingerprint density at radius 1 is 1.43 bits per heavy atom. The number of H-pyrrole nitrogens is 1. The molecule has 2 amide bonds. The molecule has 7 nitrogen and oxygen atoms in total. The van der Waals surface area contributed by atoms with Crippen LogP contribution < -0.4 is 10.6 Å². The summed E-state index contributed by atoms with van der Waals surface area (Å²) < 4.78 is 5.21. The smallest absolute Gasteiger partial charge is 0.231 e. The van der Waals surface area contributed by atoms with Gasteiger partial charge in [0.15, 0.2) is 5.82 Å². The summed E-state index contributed by atoms with van der Waals surface area (Å²) in [6, 6.07) is 2.13. The molecule has 3 rings (SSSR count). The molecule has 0 spiro atoms. The van der Waals surface area contributed by atoms with Gasteiger partial charge in [-0.05, 0) is 19.3 Å². The summed E-state index contributed by atoms with van der Waals surface area (Å²) in [5, 5.41) is 12.8. The number of rotatable bonds is 4. The summed E-state index contributed by atoms with van der Waals surface area (Å²) in [6.07, 6.45) is 2.58. The van der Waals surface area contributed by atoms with E-state index >= 15 is 0 Å². The van der Waals surface area contributed by atoms with Crippen molar-refractivity contribution in [3.8, 4) is 0 Å². The van der Waals surface area contributed by atoms with Crippen molar-refractivity contribution in [2.75, 3.05) is 18.5 Å².